The zero-order valence-electron chi connectivity index (χ0n) is 12.9. The Morgan fingerprint density at radius 2 is 1.91 bits per heavy atom. The van der Waals surface area contributed by atoms with Crippen molar-refractivity contribution < 1.29 is 9.59 Å². The maximum Gasteiger partial charge on any atom is 0.235 e. The number of carbonyl (C=O) groups is 2. The fraction of sp³-hybridized carbons (Fsp3) is 0.471. The monoisotopic (exact) mass is 312 g/mol. The number of aromatic amines is 1. The van der Waals surface area contributed by atoms with E-state index in [2.05, 4.69) is 26.9 Å². The zero-order chi connectivity index (χ0) is 15.8. The molecule has 2 aromatic rings. The van der Waals surface area contributed by atoms with Crippen molar-refractivity contribution in [2.75, 3.05) is 13.1 Å². The van der Waals surface area contributed by atoms with Gasteiger partial charge in [0.2, 0.25) is 11.8 Å². The lowest BCUT2D eigenvalue weighted by atomic mass is 9.87. The normalized spacial score (nSPS) is 23.2. The molecule has 6 nitrogen and oxygen atoms in total. The molecule has 2 amide bonds. The topological polar surface area (TPSA) is 86.9 Å². The minimum Gasteiger partial charge on any atom is -0.317 e. The Hall–Kier alpha value is -2.21. The van der Waals surface area contributed by atoms with E-state index in [1.807, 2.05) is 12.1 Å². The largest absolute Gasteiger partial charge is 0.317 e. The number of carbonyl (C=O) groups excluding carboxylic acids is 2. The van der Waals surface area contributed by atoms with E-state index in [-0.39, 0.29) is 17.7 Å². The van der Waals surface area contributed by atoms with Crippen molar-refractivity contribution in [1.82, 2.24) is 20.8 Å². The number of para-hydroxylation sites is 1. The molecule has 23 heavy (non-hydrogen) atoms. The summed E-state index contributed by atoms with van der Waals surface area (Å²) >= 11 is 0. The predicted molar refractivity (Wildman–Crippen MR) is 86.1 cm³/mol. The van der Waals surface area contributed by atoms with E-state index in [4.69, 9.17) is 0 Å². The summed E-state index contributed by atoms with van der Waals surface area (Å²) in [6.45, 7) is 2.07. The quantitative estimate of drug-likeness (QED) is 0.734. The second-order valence-corrected chi connectivity index (χ2v) is 6.41. The average molecular weight is 312 g/mol. The van der Waals surface area contributed by atoms with Crippen molar-refractivity contribution >= 4 is 22.7 Å². The lowest BCUT2D eigenvalue weighted by Crippen LogP contribution is -2.39. The summed E-state index contributed by atoms with van der Waals surface area (Å²) in [4.78, 5) is 23.5. The van der Waals surface area contributed by atoms with E-state index >= 15 is 0 Å². The molecule has 0 aliphatic carbocycles. The van der Waals surface area contributed by atoms with Gasteiger partial charge >= 0.3 is 0 Å². The Bertz CT molecular complexity index is 761. The van der Waals surface area contributed by atoms with E-state index in [0.717, 1.165) is 42.5 Å². The van der Waals surface area contributed by atoms with Gasteiger partial charge in [-0.15, -0.1) is 0 Å². The summed E-state index contributed by atoms with van der Waals surface area (Å²) in [5.41, 5.74) is 3.09. The van der Waals surface area contributed by atoms with Crippen molar-refractivity contribution in [3.05, 3.63) is 29.5 Å². The molecule has 0 saturated carbocycles. The molecule has 4 rings (SSSR count). The molecule has 2 aliphatic rings. The second kappa shape index (κ2) is 5.77. The van der Waals surface area contributed by atoms with E-state index in [9.17, 15) is 9.59 Å². The fourth-order valence-corrected chi connectivity index (χ4v) is 3.78. The molecule has 1 aromatic carbocycles. The fourth-order valence-electron chi connectivity index (χ4n) is 3.78. The summed E-state index contributed by atoms with van der Waals surface area (Å²) < 4.78 is 0. The number of piperidine rings is 2. The first-order chi connectivity index (χ1) is 11.2. The molecule has 1 unspecified atom stereocenters. The molecule has 0 radical (unpaired) electrons. The third kappa shape index (κ3) is 2.53. The van der Waals surface area contributed by atoms with Crippen molar-refractivity contribution in [2.45, 2.75) is 37.5 Å². The third-order valence-electron chi connectivity index (χ3n) is 5.01. The number of hydrogen-bond acceptors (Lipinski definition) is 4. The molecule has 2 fully saturated rings. The van der Waals surface area contributed by atoms with Gasteiger partial charge in [0, 0.05) is 11.8 Å². The van der Waals surface area contributed by atoms with Gasteiger partial charge < -0.3 is 5.32 Å². The highest BCUT2D eigenvalue weighted by molar-refractivity contribution is 6.02. The van der Waals surface area contributed by atoms with Crippen molar-refractivity contribution in [3.8, 4) is 0 Å². The van der Waals surface area contributed by atoms with Crippen LogP contribution in [-0.2, 0) is 9.59 Å². The number of imide groups is 1. The number of fused-ring (bicyclic) bond motifs is 1. The predicted octanol–water partition coefficient (Wildman–Crippen LogP) is 1.55. The first-order valence-corrected chi connectivity index (χ1v) is 8.25. The van der Waals surface area contributed by atoms with Crippen LogP contribution in [0.5, 0.6) is 0 Å². The summed E-state index contributed by atoms with van der Waals surface area (Å²) in [5.74, 6) is -0.247. The van der Waals surface area contributed by atoms with Crippen LogP contribution in [0.15, 0.2) is 18.2 Å². The minimum absolute atomic E-state index is 0.193. The Balaban J connectivity index is 1.72. The number of aromatic nitrogens is 2. The first-order valence-electron chi connectivity index (χ1n) is 8.25. The number of benzene rings is 1. The molecular weight excluding hydrogens is 292 g/mol. The van der Waals surface area contributed by atoms with Crippen LogP contribution in [-0.4, -0.2) is 35.1 Å². The van der Waals surface area contributed by atoms with E-state index in [0.29, 0.717) is 18.8 Å². The van der Waals surface area contributed by atoms with Crippen LogP contribution in [0.3, 0.4) is 0 Å². The number of H-pyrrole nitrogens is 1. The molecule has 1 atom stereocenters. The van der Waals surface area contributed by atoms with Gasteiger partial charge in [0.1, 0.15) is 0 Å². The molecule has 0 spiro atoms. The van der Waals surface area contributed by atoms with Crippen LogP contribution in [0.4, 0.5) is 0 Å². The van der Waals surface area contributed by atoms with Crippen molar-refractivity contribution in [1.29, 1.82) is 0 Å². The van der Waals surface area contributed by atoms with Crippen LogP contribution >= 0.6 is 0 Å². The van der Waals surface area contributed by atoms with Crippen LogP contribution in [0, 0.1) is 0 Å². The van der Waals surface area contributed by atoms with Crippen molar-refractivity contribution in [2.24, 2.45) is 0 Å². The summed E-state index contributed by atoms with van der Waals surface area (Å²) in [5, 5.41) is 14.4. The molecule has 1 aromatic heterocycles. The van der Waals surface area contributed by atoms with Gasteiger partial charge in [-0.3, -0.25) is 20.0 Å². The van der Waals surface area contributed by atoms with Gasteiger partial charge in [-0.2, -0.15) is 5.10 Å². The highest BCUT2D eigenvalue weighted by Crippen LogP contribution is 2.34. The summed E-state index contributed by atoms with van der Waals surface area (Å²) in [6, 6.07) is 6.22. The molecular formula is C17H20N4O2. The molecule has 120 valence electrons. The Kier molecular flexibility index (Phi) is 3.61. The maximum atomic E-state index is 12.1. The van der Waals surface area contributed by atoms with Gasteiger partial charge in [0.15, 0.2) is 0 Å². The van der Waals surface area contributed by atoms with Gasteiger partial charge in [-0.25, -0.2) is 0 Å². The second-order valence-electron chi connectivity index (χ2n) is 6.41. The molecule has 3 heterocycles. The number of rotatable bonds is 2. The number of amides is 2. The Labute approximate surface area is 134 Å². The van der Waals surface area contributed by atoms with Crippen molar-refractivity contribution in [3.63, 3.8) is 0 Å². The van der Waals surface area contributed by atoms with Crippen LogP contribution in [0.25, 0.3) is 10.9 Å². The summed E-state index contributed by atoms with van der Waals surface area (Å²) in [6.07, 6.45) is 3.14. The van der Waals surface area contributed by atoms with Gasteiger partial charge in [-0.1, -0.05) is 18.2 Å². The Morgan fingerprint density at radius 1 is 1.09 bits per heavy atom. The standard InChI is InChI=1S/C17H20N4O2/c22-14-5-4-13(17(23)19-14)16-12-3-1-2-11(15(12)20-21-16)10-6-8-18-9-7-10/h1-3,10,13,18H,4-9H2,(H,20,21)(H,19,22,23). The molecule has 2 saturated heterocycles. The number of hydrogen-bond donors (Lipinski definition) is 3. The van der Waals surface area contributed by atoms with Gasteiger partial charge in [-0.05, 0) is 43.8 Å². The maximum absolute atomic E-state index is 12.1. The molecule has 0 bridgehead atoms. The molecule has 6 heteroatoms. The third-order valence-corrected chi connectivity index (χ3v) is 5.01. The molecule has 3 N–H and O–H groups in total. The number of nitrogens with one attached hydrogen (secondary N) is 3. The average Bonchev–Trinajstić information content (AvgIpc) is 2.99. The minimum atomic E-state index is -0.343. The van der Waals surface area contributed by atoms with E-state index in [1.165, 1.54) is 5.56 Å². The van der Waals surface area contributed by atoms with Crippen LogP contribution in [0.2, 0.25) is 0 Å². The highest BCUT2D eigenvalue weighted by atomic mass is 16.2. The summed E-state index contributed by atoms with van der Waals surface area (Å²) in [7, 11) is 0. The molecule has 2 aliphatic heterocycles. The zero-order valence-corrected chi connectivity index (χ0v) is 12.9. The Morgan fingerprint density at radius 3 is 2.70 bits per heavy atom. The van der Waals surface area contributed by atoms with Gasteiger partial charge in [0.25, 0.3) is 0 Å². The van der Waals surface area contributed by atoms with E-state index < -0.39 is 0 Å². The van der Waals surface area contributed by atoms with Crippen LogP contribution in [0.1, 0.15) is 48.8 Å². The highest BCUT2D eigenvalue weighted by Gasteiger charge is 2.31. The lowest BCUT2D eigenvalue weighted by Gasteiger charge is -2.23. The lowest BCUT2D eigenvalue weighted by molar-refractivity contribution is -0.134. The van der Waals surface area contributed by atoms with Gasteiger partial charge in [0.05, 0.1) is 17.1 Å². The SMILES string of the molecule is O=C1CCC(c2n[nH]c3c(C4CCNCC4)cccc23)C(=O)N1. The van der Waals surface area contributed by atoms with Crippen LogP contribution < -0.4 is 10.6 Å². The van der Waals surface area contributed by atoms with E-state index in [1.54, 1.807) is 0 Å². The first kappa shape index (κ1) is 14.4. The smallest absolute Gasteiger partial charge is 0.235 e. The number of nitrogens with zero attached hydrogens (tertiary/aromatic N) is 1.